The second-order valence-electron chi connectivity index (χ2n) is 5.95. The van der Waals surface area contributed by atoms with Gasteiger partial charge in [0.05, 0.1) is 0 Å². The first-order valence-corrected chi connectivity index (χ1v) is 6.39. The molecule has 1 aliphatic carbocycles. The van der Waals surface area contributed by atoms with Crippen LogP contribution in [0, 0.1) is 0 Å². The van der Waals surface area contributed by atoms with Gasteiger partial charge >= 0.3 is 6.09 Å². The van der Waals surface area contributed by atoms with E-state index in [1.807, 2.05) is 30.3 Å². The Bertz CT molecular complexity index is 478. The van der Waals surface area contributed by atoms with Gasteiger partial charge in [-0.3, -0.25) is 0 Å². The Morgan fingerprint density at radius 2 is 2.00 bits per heavy atom. The van der Waals surface area contributed by atoms with Crippen LogP contribution in [0.1, 0.15) is 38.7 Å². The van der Waals surface area contributed by atoms with Crippen LogP contribution in [0.4, 0.5) is 4.79 Å². The summed E-state index contributed by atoms with van der Waals surface area (Å²) in [7, 11) is 0. The lowest BCUT2D eigenvalue weighted by atomic mass is 10.1. The van der Waals surface area contributed by atoms with Crippen LogP contribution < -0.4 is 5.32 Å². The van der Waals surface area contributed by atoms with Crippen LogP contribution in [0.5, 0.6) is 0 Å². The summed E-state index contributed by atoms with van der Waals surface area (Å²) in [4.78, 5) is 23.1. The molecule has 0 radical (unpaired) electrons. The third kappa shape index (κ3) is 3.13. The van der Waals surface area contributed by atoms with E-state index >= 15 is 0 Å². The van der Waals surface area contributed by atoms with Crippen LogP contribution in [0.15, 0.2) is 30.3 Å². The molecular weight excluding hydrogens is 242 g/mol. The highest BCUT2D eigenvalue weighted by atomic mass is 16.6. The minimum Gasteiger partial charge on any atom is -0.444 e. The van der Waals surface area contributed by atoms with Crippen molar-refractivity contribution in [3.63, 3.8) is 0 Å². The topological polar surface area (TPSA) is 55.4 Å². The molecule has 1 aromatic rings. The first kappa shape index (κ1) is 13.6. The molecule has 2 rings (SSSR count). The number of aldehydes is 1. The third-order valence-corrected chi connectivity index (χ3v) is 3.15. The minimum absolute atomic E-state index is 0.0405. The second kappa shape index (κ2) is 4.68. The van der Waals surface area contributed by atoms with Crippen LogP contribution in [-0.2, 0) is 9.53 Å². The Morgan fingerprint density at radius 3 is 2.53 bits per heavy atom. The van der Waals surface area contributed by atoms with Crippen LogP contribution >= 0.6 is 0 Å². The van der Waals surface area contributed by atoms with Gasteiger partial charge in [-0.15, -0.1) is 0 Å². The molecular formula is C15H19NO3. The highest BCUT2D eigenvalue weighted by Crippen LogP contribution is 2.50. The molecule has 0 aliphatic heterocycles. The Labute approximate surface area is 113 Å². The zero-order valence-corrected chi connectivity index (χ0v) is 11.5. The number of carbonyl (C=O) groups is 2. The first-order valence-electron chi connectivity index (χ1n) is 6.39. The maximum atomic E-state index is 11.8. The van der Waals surface area contributed by atoms with Gasteiger partial charge in [-0.2, -0.15) is 0 Å². The van der Waals surface area contributed by atoms with E-state index in [2.05, 4.69) is 5.32 Å². The van der Waals surface area contributed by atoms with Gasteiger partial charge in [0.2, 0.25) is 0 Å². The van der Waals surface area contributed by atoms with Crippen LogP contribution in [0.2, 0.25) is 0 Å². The van der Waals surface area contributed by atoms with Gasteiger partial charge in [-0.05, 0) is 32.8 Å². The van der Waals surface area contributed by atoms with E-state index in [9.17, 15) is 9.59 Å². The molecule has 0 saturated heterocycles. The second-order valence-corrected chi connectivity index (χ2v) is 5.95. The summed E-state index contributed by atoms with van der Waals surface area (Å²) in [6.45, 7) is 5.38. The number of benzene rings is 1. The number of hydrogen-bond acceptors (Lipinski definition) is 3. The average molecular weight is 261 g/mol. The predicted octanol–water partition coefficient (Wildman–Crippen LogP) is 2.64. The summed E-state index contributed by atoms with van der Waals surface area (Å²) in [5.41, 5.74) is -0.305. The van der Waals surface area contributed by atoms with Gasteiger partial charge in [-0.1, -0.05) is 30.3 Å². The Morgan fingerprint density at radius 1 is 1.37 bits per heavy atom. The zero-order chi connectivity index (χ0) is 14.1. The Kier molecular flexibility index (Phi) is 3.35. The van der Waals surface area contributed by atoms with Crippen molar-refractivity contribution >= 4 is 12.4 Å². The van der Waals surface area contributed by atoms with Crippen molar-refractivity contribution in [1.29, 1.82) is 0 Å². The van der Waals surface area contributed by atoms with Gasteiger partial charge in [0.15, 0.2) is 0 Å². The smallest absolute Gasteiger partial charge is 0.408 e. The van der Waals surface area contributed by atoms with Crippen molar-refractivity contribution in [3.8, 4) is 0 Å². The van der Waals surface area contributed by atoms with E-state index in [-0.39, 0.29) is 5.92 Å². The van der Waals surface area contributed by atoms with Crippen molar-refractivity contribution in [2.45, 2.75) is 44.2 Å². The molecule has 2 atom stereocenters. The monoisotopic (exact) mass is 261 g/mol. The summed E-state index contributed by atoms with van der Waals surface area (Å²) in [6, 6.07) is 9.71. The molecule has 1 aliphatic rings. The van der Waals surface area contributed by atoms with E-state index in [1.54, 1.807) is 20.8 Å². The summed E-state index contributed by atoms with van der Waals surface area (Å²) in [6.07, 6.45) is 0.895. The Balaban J connectivity index is 2.03. The molecule has 19 heavy (non-hydrogen) atoms. The van der Waals surface area contributed by atoms with Crippen LogP contribution in [0.3, 0.4) is 0 Å². The van der Waals surface area contributed by atoms with Crippen molar-refractivity contribution in [1.82, 2.24) is 5.32 Å². The molecule has 1 amide bonds. The fourth-order valence-electron chi connectivity index (χ4n) is 2.17. The standard InChI is InChI=1S/C15H19NO3/c1-14(2,3)19-13(18)16-15(10-17)9-12(15)11-7-5-4-6-8-11/h4-8,10,12H,9H2,1-3H3,(H,16,18)/t12-,15-/m0/s1. The van der Waals surface area contributed by atoms with Crippen LogP contribution in [-0.4, -0.2) is 23.5 Å². The molecule has 0 bridgehead atoms. The fourth-order valence-corrected chi connectivity index (χ4v) is 2.17. The van der Waals surface area contributed by atoms with Gasteiger partial charge in [0, 0.05) is 5.92 Å². The predicted molar refractivity (Wildman–Crippen MR) is 72.0 cm³/mol. The highest BCUT2D eigenvalue weighted by molar-refractivity contribution is 5.82. The summed E-state index contributed by atoms with van der Waals surface area (Å²) in [5, 5.41) is 2.69. The van der Waals surface area contributed by atoms with Gasteiger partial charge in [0.25, 0.3) is 0 Å². The van der Waals surface area contributed by atoms with E-state index < -0.39 is 17.2 Å². The molecule has 0 heterocycles. The molecule has 0 unspecified atom stereocenters. The largest absolute Gasteiger partial charge is 0.444 e. The summed E-state index contributed by atoms with van der Waals surface area (Å²) in [5.74, 6) is 0.0405. The third-order valence-electron chi connectivity index (χ3n) is 3.15. The number of amides is 1. The number of nitrogens with one attached hydrogen (secondary N) is 1. The summed E-state index contributed by atoms with van der Waals surface area (Å²) < 4.78 is 5.19. The minimum atomic E-state index is -0.802. The molecule has 102 valence electrons. The zero-order valence-electron chi connectivity index (χ0n) is 11.5. The average Bonchev–Trinajstić information content (AvgIpc) is 3.02. The van der Waals surface area contributed by atoms with Crippen molar-refractivity contribution < 1.29 is 14.3 Å². The van der Waals surface area contributed by atoms with Crippen LogP contribution in [0.25, 0.3) is 0 Å². The molecule has 0 spiro atoms. The molecule has 1 aromatic carbocycles. The molecule has 1 N–H and O–H groups in total. The quantitative estimate of drug-likeness (QED) is 0.851. The number of rotatable bonds is 3. The van der Waals surface area contributed by atoms with Crippen molar-refractivity contribution in [2.24, 2.45) is 0 Å². The number of ether oxygens (including phenoxy) is 1. The molecule has 1 fully saturated rings. The Hall–Kier alpha value is -1.84. The van der Waals surface area contributed by atoms with Gasteiger partial charge < -0.3 is 14.8 Å². The maximum absolute atomic E-state index is 11.8. The number of hydrogen-bond donors (Lipinski definition) is 1. The first-order chi connectivity index (χ1) is 8.86. The van der Waals surface area contributed by atoms with E-state index in [1.165, 1.54) is 0 Å². The fraction of sp³-hybridized carbons (Fsp3) is 0.467. The number of alkyl carbamates (subject to hydrolysis) is 1. The summed E-state index contributed by atoms with van der Waals surface area (Å²) >= 11 is 0. The van der Waals surface area contributed by atoms with Crippen molar-refractivity contribution in [3.05, 3.63) is 35.9 Å². The SMILES string of the molecule is CC(C)(C)OC(=O)N[C@]1(C=O)C[C@H]1c1ccccc1. The normalized spacial score (nSPS) is 25.5. The lowest BCUT2D eigenvalue weighted by Crippen LogP contribution is -2.42. The van der Waals surface area contributed by atoms with E-state index in [0.29, 0.717) is 6.42 Å². The molecule has 4 nitrogen and oxygen atoms in total. The van der Waals surface area contributed by atoms with Gasteiger partial charge in [-0.25, -0.2) is 4.79 Å². The maximum Gasteiger partial charge on any atom is 0.408 e. The lowest BCUT2D eigenvalue weighted by molar-refractivity contribution is -0.110. The van der Waals surface area contributed by atoms with E-state index in [4.69, 9.17) is 4.74 Å². The van der Waals surface area contributed by atoms with Crippen molar-refractivity contribution in [2.75, 3.05) is 0 Å². The van der Waals surface area contributed by atoms with Gasteiger partial charge in [0.1, 0.15) is 17.4 Å². The number of carbonyl (C=O) groups excluding carboxylic acids is 2. The molecule has 4 heteroatoms. The molecule has 0 aromatic heterocycles. The van der Waals surface area contributed by atoms with E-state index in [0.717, 1.165) is 11.8 Å². The molecule has 1 saturated carbocycles. The highest BCUT2D eigenvalue weighted by Gasteiger charge is 2.56. The lowest BCUT2D eigenvalue weighted by Gasteiger charge is -2.21.